The molecule has 0 radical (unpaired) electrons. The van der Waals surface area contributed by atoms with Gasteiger partial charge in [0.25, 0.3) is 0 Å². The predicted molar refractivity (Wildman–Crippen MR) is 102 cm³/mol. The molecular weight excluding hydrogens is 494 g/mol. The Hall–Kier alpha value is 0.360. The van der Waals surface area contributed by atoms with E-state index in [2.05, 4.69) is 69.2 Å². The Morgan fingerprint density at radius 1 is 1.29 bits per heavy atom. The van der Waals surface area contributed by atoms with Crippen molar-refractivity contribution in [2.75, 3.05) is 32.8 Å². The number of aliphatic hydroxyl groups is 1. The molecule has 1 atom stereocenters. The lowest BCUT2D eigenvalue weighted by Gasteiger charge is -2.43. The number of hydrogen-bond acceptors (Lipinski definition) is 4. The molecule has 0 bridgehead atoms. The van der Waals surface area contributed by atoms with Crippen molar-refractivity contribution >= 4 is 45.2 Å². The van der Waals surface area contributed by atoms with E-state index in [1.54, 1.807) is 0 Å². The van der Waals surface area contributed by atoms with Crippen LogP contribution in [0.3, 0.4) is 0 Å². The fraction of sp³-hybridized carbons (Fsp3) is 0.600. The molecule has 1 aromatic carbocycles. The molecule has 0 aromatic heterocycles. The predicted octanol–water partition coefficient (Wildman–Crippen LogP) is 2.57. The summed E-state index contributed by atoms with van der Waals surface area (Å²) in [6.45, 7) is 7.95. The number of halogens is 2. The zero-order chi connectivity index (χ0) is 15.6. The summed E-state index contributed by atoms with van der Waals surface area (Å²) in [6, 6.07) is 4.02. The number of piperazine rings is 1. The van der Waals surface area contributed by atoms with Gasteiger partial charge in [0.1, 0.15) is 5.75 Å². The van der Waals surface area contributed by atoms with Gasteiger partial charge in [-0.1, -0.05) is 13.8 Å². The molecule has 1 aliphatic rings. The van der Waals surface area contributed by atoms with Crippen molar-refractivity contribution in [3.63, 3.8) is 0 Å². The molecule has 1 fully saturated rings. The van der Waals surface area contributed by atoms with Gasteiger partial charge in [-0.15, -0.1) is 0 Å². The molecule has 6 heteroatoms. The van der Waals surface area contributed by atoms with Crippen LogP contribution < -0.4 is 5.32 Å². The van der Waals surface area contributed by atoms with Crippen LogP contribution in [0.5, 0.6) is 5.75 Å². The molecule has 0 saturated carbocycles. The van der Waals surface area contributed by atoms with Crippen LogP contribution in [0.1, 0.15) is 25.5 Å². The van der Waals surface area contributed by atoms with E-state index in [-0.39, 0.29) is 18.1 Å². The zero-order valence-electron chi connectivity index (χ0n) is 12.4. The van der Waals surface area contributed by atoms with Gasteiger partial charge >= 0.3 is 0 Å². The number of phenolic OH excluding ortho intramolecular Hbond substituents is 1. The molecule has 0 spiro atoms. The second-order valence-corrected chi connectivity index (χ2v) is 8.57. The van der Waals surface area contributed by atoms with Crippen LogP contribution in [-0.2, 0) is 0 Å². The van der Waals surface area contributed by atoms with Crippen LogP contribution in [0.25, 0.3) is 0 Å². The lowest BCUT2D eigenvalue weighted by atomic mass is 9.79. The molecule has 4 nitrogen and oxygen atoms in total. The number of hydrogen-bond donors (Lipinski definition) is 3. The number of benzene rings is 1. The third kappa shape index (κ3) is 4.01. The molecular formula is C15H22I2N2O2. The molecule has 3 N–H and O–H groups in total. The van der Waals surface area contributed by atoms with E-state index in [4.69, 9.17) is 0 Å². The first-order chi connectivity index (χ1) is 9.86. The quantitative estimate of drug-likeness (QED) is 0.539. The van der Waals surface area contributed by atoms with Crippen LogP contribution in [-0.4, -0.2) is 47.9 Å². The minimum atomic E-state index is -0.317. The van der Waals surface area contributed by atoms with Crippen LogP contribution in [0.2, 0.25) is 0 Å². The van der Waals surface area contributed by atoms with Crippen LogP contribution in [0.4, 0.5) is 0 Å². The number of aromatic hydroxyl groups is 1. The highest BCUT2D eigenvalue weighted by molar-refractivity contribution is 14.1. The van der Waals surface area contributed by atoms with Gasteiger partial charge in [0.05, 0.1) is 3.57 Å². The normalized spacial score (nSPS) is 18.7. The first kappa shape index (κ1) is 17.7. The average Bonchev–Trinajstić information content (AvgIpc) is 2.45. The monoisotopic (exact) mass is 516 g/mol. The minimum absolute atomic E-state index is 0.00725. The number of aliphatic hydroxyl groups excluding tert-OH is 1. The van der Waals surface area contributed by atoms with E-state index in [0.717, 1.165) is 38.9 Å². The SMILES string of the molecule is CC(C)(CO)[C@@H](c1cc(I)cc(I)c1O)N1CCNCC1. The third-order valence-corrected chi connectivity index (χ3v) is 5.46. The summed E-state index contributed by atoms with van der Waals surface area (Å²) in [5, 5.41) is 23.8. The maximum absolute atomic E-state index is 10.5. The van der Waals surface area contributed by atoms with E-state index in [0.29, 0.717) is 5.75 Å². The molecule has 0 aliphatic carbocycles. The first-order valence-electron chi connectivity index (χ1n) is 7.10. The van der Waals surface area contributed by atoms with Crippen molar-refractivity contribution in [3.8, 4) is 5.75 Å². The van der Waals surface area contributed by atoms with Crippen LogP contribution >= 0.6 is 45.2 Å². The number of nitrogens with one attached hydrogen (secondary N) is 1. The van der Waals surface area contributed by atoms with Gasteiger partial charge in [-0.3, -0.25) is 4.90 Å². The van der Waals surface area contributed by atoms with Crippen molar-refractivity contribution in [1.29, 1.82) is 0 Å². The number of nitrogens with zero attached hydrogens (tertiary/aromatic N) is 1. The minimum Gasteiger partial charge on any atom is -0.506 e. The van der Waals surface area contributed by atoms with Crippen molar-refractivity contribution in [2.24, 2.45) is 5.41 Å². The summed E-state index contributed by atoms with van der Waals surface area (Å²) in [5.41, 5.74) is 0.606. The fourth-order valence-electron chi connectivity index (χ4n) is 2.93. The molecule has 0 amide bonds. The van der Waals surface area contributed by atoms with Crippen molar-refractivity contribution in [2.45, 2.75) is 19.9 Å². The van der Waals surface area contributed by atoms with E-state index in [1.807, 2.05) is 12.1 Å². The van der Waals surface area contributed by atoms with Crippen molar-refractivity contribution in [3.05, 3.63) is 24.8 Å². The lowest BCUT2D eigenvalue weighted by molar-refractivity contribution is 0.0292. The van der Waals surface area contributed by atoms with Gasteiger partial charge < -0.3 is 15.5 Å². The maximum atomic E-state index is 10.5. The summed E-state index contributed by atoms with van der Waals surface area (Å²) in [7, 11) is 0. The van der Waals surface area contributed by atoms with Gasteiger partial charge in [0.2, 0.25) is 0 Å². The largest absolute Gasteiger partial charge is 0.506 e. The Kier molecular flexibility index (Phi) is 6.15. The van der Waals surface area contributed by atoms with E-state index in [1.165, 1.54) is 0 Å². The smallest absolute Gasteiger partial charge is 0.133 e. The number of rotatable bonds is 4. The summed E-state index contributed by atoms with van der Waals surface area (Å²) in [6.07, 6.45) is 0. The standard InChI is InChI=1S/C15H22I2N2O2/c1-15(2,9-20)14(19-5-3-18-4-6-19)11-7-10(16)8-12(17)13(11)21/h7-8,14,18,20-21H,3-6,9H2,1-2H3/t14-/m1/s1. The fourth-order valence-corrected chi connectivity index (χ4v) is 4.82. The Balaban J connectivity index is 2.49. The molecule has 1 saturated heterocycles. The number of phenols is 1. The highest BCUT2D eigenvalue weighted by Crippen LogP contribution is 2.43. The van der Waals surface area contributed by atoms with Crippen molar-refractivity contribution < 1.29 is 10.2 Å². The molecule has 2 rings (SSSR count). The summed E-state index contributed by atoms with van der Waals surface area (Å²) in [4.78, 5) is 2.37. The summed E-state index contributed by atoms with van der Waals surface area (Å²) < 4.78 is 1.97. The van der Waals surface area contributed by atoms with Crippen LogP contribution in [0, 0.1) is 12.6 Å². The summed E-state index contributed by atoms with van der Waals surface area (Å²) >= 11 is 4.45. The second-order valence-electron chi connectivity index (χ2n) is 6.16. The second kappa shape index (κ2) is 7.29. The molecule has 21 heavy (non-hydrogen) atoms. The molecule has 1 aromatic rings. The summed E-state index contributed by atoms with van der Waals surface area (Å²) in [5.74, 6) is 0.348. The Labute approximate surface area is 153 Å². The van der Waals surface area contributed by atoms with Crippen molar-refractivity contribution in [1.82, 2.24) is 10.2 Å². The van der Waals surface area contributed by atoms with Gasteiger partial charge in [0.15, 0.2) is 0 Å². The van der Waals surface area contributed by atoms with E-state index < -0.39 is 0 Å². The Bertz CT molecular complexity index is 503. The Morgan fingerprint density at radius 3 is 2.48 bits per heavy atom. The maximum Gasteiger partial charge on any atom is 0.133 e. The van der Waals surface area contributed by atoms with Gasteiger partial charge in [-0.25, -0.2) is 0 Å². The third-order valence-electron chi connectivity index (χ3n) is 4.02. The topological polar surface area (TPSA) is 55.7 Å². The Morgan fingerprint density at radius 2 is 1.90 bits per heavy atom. The van der Waals surface area contributed by atoms with Gasteiger partial charge in [-0.2, -0.15) is 0 Å². The van der Waals surface area contributed by atoms with Crippen LogP contribution in [0.15, 0.2) is 12.1 Å². The molecule has 118 valence electrons. The average molecular weight is 516 g/mol. The van der Waals surface area contributed by atoms with Gasteiger partial charge in [-0.05, 0) is 57.3 Å². The highest BCUT2D eigenvalue weighted by atomic mass is 127. The zero-order valence-corrected chi connectivity index (χ0v) is 16.7. The molecule has 1 aliphatic heterocycles. The van der Waals surface area contributed by atoms with E-state index >= 15 is 0 Å². The molecule has 0 unspecified atom stereocenters. The molecule has 1 heterocycles. The van der Waals surface area contributed by atoms with E-state index in [9.17, 15) is 10.2 Å². The highest BCUT2D eigenvalue weighted by Gasteiger charge is 2.37. The van der Waals surface area contributed by atoms with Gasteiger partial charge in [0, 0.05) is 53.4 Å². The first-order valence-corrected chi connectivity index (χ1v) is 9.26. The lowest BCUT2D eigenvalue weighted by Crippen LogP contribution is -2.49.